The normalized spacial score (nSPS) is 11.7. The van der Waals surface area contributed by atoms with Crippen molar-refractivity contribution in [3.05, 3.63) is 37.4 Å². The number of thioether (sulfide) groups is 1. The molecule has 0 amide bonds. The van der Waals surface area contributed by atoms with Crippen molar-refractivity contribution in [2.45, 2.75) is 18.6 Å². The molecule has 0 aliphatic carbocycles. The lowest BCUT2D eigenvalue weighted by Crippen LogP contribution is -2.20. The van der Waals surface area contributed by atoms with E-state index in [4.69, 9.17) is 21.6 Å². The van der Waals surface area contributed by atoms with Crippen LogP contribution in [0, 0.1) is 18.3 Å². The molecule has 0 N–H and O–H groups in total. The monoisotopic (exact) mass is 400 g/mol. The topological polar surface area (TPSA) is 80.0 Å². The van der Waals surface area contributed by atoms with Crippen LogP contribution in [0.1, 0.15) is 21.5 Å². The average molecular weight is 401 g/mol. The molecule has 0 bridgehead atoms. The van der Waals surface area contributed by atoms with Crippen molar-refractivity contribution in [2.75, 3.05) is 12.4 Å². The minimum Gasteiger partial charge on any atom is -0.457 e. The molecule has 2 aromatic heterocycles. The third-order valence-electron chi connectivity index (χ3n) is 2.80. The van der Waals surface area contributed by atoms with Gasteiger partial charge in [-0.2, -0.15) is 5.26 Å². The van der Waals surface area contributed by atoms with Crippen molar-refractivity contribution in [1.82, 2.24) is 4.98 Å². The number of Topliss-reactive ketones (excluding diaryl/α,β-unsaturated/α-hetero) is 1. The molecule has 0 saturated carbocycles. The van der Waals surface area contributed by atoms with Gasteiger partial charge in [0.15, 0.2) is 18.3 Å². The summed E-state index contributed by atoms with van der Waals surface area (Å²) in [6.45, 7) is 1.37. The Kier molecular flexibility index (Phi) is 7.24. The molecular formula is C15H13ClN2O3S3. The molecule has 1 atom stereocenters. The fourth-order valence-electron chi connectivity index (χ4n) is 1.71. The van der Waals surface area contributed by atoms with E-state index in [-0.39, 0.29) is 5.75 Å². The molecular weight excluding hydrogens is 388 g/mol. The van der Waals surface area contributed by atoms with E-state index in [1.165, 1.54) is 34.4 Å². The number of nitrogens with zero attached hydrogens (tertiary/aromatic N) is 2. The molecule has 0 spiro atoms. The van der Waals surface area contributed by atoms with Gasteiger partial charge in [0.05, 0.1) is 16.2 Å². The standard InChI is InChI=1S/C15H13ClN2O3S3/c1-9-6-23-15(18-9)11(4-17)12(19)5-21-14(20)8-22-7-10-2-3-13(16)24-10/h2-3,6,11H,5,7-8H2,1H3/t11-/m1/s1. The van der Waals surface area contributed by atoms with Gasteiger partial charge in [0.1, 0.15) is 5.01 Å². The Bertz CT molecular complexity index is 766. The number of carbonyl (C=O) groups excluding carboxylic acids is 2. The molecule has 0 saturated heterocycles. The number of ketones is 1. The van der Waals surface area contributed by atoms with E-state index in [0.717, 1.165) is 10.6 Å². The summed E-state index contributed by atoms with van der Waals surface area (Å²) in [7, 11) is 0. The van der Waals surface area contributed by atoms with Crippen molar-refractivity contribution in [2.24, 2.45) is 0 Å². The maximum Gasteiger partial charge on any atom is 0.316 e. The Hall–Kier alpha value is -1.40. The van der Waals surface area contributed by atoms with E-state index in [9.17, 15) is 9.59 Å². The highest BCUT2D eigenvalue weighted by Gasteiger charge is 2.24. The Morgan fingerprint density at radius 3 is 2.88 bits per heavy atom. The van der Waals surface area contributed by atoms with Gasteiger partial charge >= 0.3 is 5.97 Å². The van der Waals surface area contributed by atoms with E-state index < -0.39 is 24.3 Å². The predicted molar refractivity (Wildman–Crippen MR) is 96.7 cm³/mol. The molecule has 2 rings (SSSR count). The van der Waals surface area contributed by atoms with Crippen LogP contribution in [0.25, 0.3) is 0 Å². The maximum atomic E-state index is 12.0. The first-order valence-electron chi connectivity index (χ1n) is 6.81. The van der Waals surface area contributed by atoms with Crippen molar-refractivity contribution < 1.29 is 14.3 Å². The van der Waals surface area contributed by atoms with Gasteiger partial charge in [-0.3, -0.25) is 9.59 Å². The average Bonchev–Trinajstić information content (AvgIpc) is 3.15. The molecule has 0 unspecified atom stereocenters. The quantitative estimate of drug-likeness (QED) is 0.626. The smallest absolute Gasteiger partial charge is 0.316 e. The van der Waals surface area contributed by atoms with Crippen molar-refractivity contribution >= 4 is 57.8 Å². The summed E-state index contributed by atoms with van der Waals surface area (Å²) in [4.78, 5) is 28.9. The van der Waals surface area contributed by atoms with Crippen LogP contribution in [0.4, 0.5) is 0 Å². The molecule has 0 radical (unpaired) electrons. The first-order chi connectivity index (χ1) is 11.5. The molecule has 0 aliphatic heterocycles. The zero-order chi connectivity index (χ0) is 17.5. The number of carbonyl (C=O) groups is 2. The highest BCUT2D eigenvalue weighted by Crippen LogP contribution is 2.25. The van der Waals surface area contributed by atoms with E-state index >= 15 is 0 Å². The second kappa shape index (κ2) is 9.18. The Morgan fingerprint density at radius 2 is 2.29 bits per heavy atom. The largest absolute Gasteiger partial charge is 0.457 e. The van der Waals surface area contributed by atoms with Crippen molar-refractivity contribution in [3.8, 4) is 6.07 Å². The summed E-state index contributed by atoms with van der Waals surface area (Å²) in [5.41, 5.74) is 0.755. The Balaban J connectivity index is 1.74. The lowest BCUT2D eigenvalue weighted by Gasteiger charge is -2.06. The number of halogens is 1. The summed E-state index contributed by atoms with van der Waals surface area (Å²) in [5, 5.41) is 11.3. The van der Waals surface area contributed by atoms with Gasteiger partial charge < -0.3 is 4.74 Å². The van der Waals surface area contributed by atoms with Crippen LogP contribution in [-0.4, -0.2) is 29.1 Å². The number of thiazole rings is 1. The molecule has 0 aliphatic rings. The predicted octanol–water partition coefficient (Wildman–Crippen LogP) is 3.82. The second-order valence-corrected chi connectivity index (χ2v) is 8.39. The number of thiophene rings is 1. The van der Waals surface area contributed by atoms with Gasteiger partial charge in [0.25, 0.3) is 0 Å². The van der Waals surface area contributed by atoms with Gasteiger partial charge in [-0.05, 0) is 19.1 Å². The van der Waals surface area contributed by atoms with E-state index in [1.54, 1.807) is 12.3 Å². The Labute approximate surface area is 156 Å². The number of aromatic nitrogens is 1. The molecule has 126 valence electrons. The number of aryl methyl sites for hydroxylation is 1. The summed E-state index contributed by atoms with van der Waals surface area (Å²) in [5.74, 6) is -1.15. The van der Waals surface area contributed by atoms with Crippen LogP contribution in [0.2, 0.25) is 4.34 Å². The SMILES string of the molecule is Cc1csc([C@H](C#N)C(=O)COC(=O)CSCc2ccc(Cl)s2)n1. The molecule has 24 heavy (non-hydrogen) atoms. The highest BCUT2D eigenvalue weighted by molar-refractivity contribution is 7.99. The fraction of sp³-hybridized carbons (Fsp3) is 0.333. The fourth-order valence-corrected chi connectivity index (χ4v) is 4.59. The first kappa shape index (κ1) is 18.9. The van der Waals surface area contributed by atoms with Crippen LogP contribution in [0.5, 0.6) is 0 Å². The van der Waals surface area contributed by atoms with E-state index in [1.807, 2.05) is 18.2 Å². The zero-order valence-corrected chi connectivity index (χ0v) is 15.9. The number of rotatable bonds is 8. The lowest BCUT2D eigenvalue weighted by atomic mass is 10.1. The van der Waals surface area contributed by atoms with Crippen LogP contribution in [0.3, 0.4) is 0 Å². The second-order valence-electron chi connectivity index (χ2n) is 4.71. The van der Waals surface area contributed by atoms with Crippen molar-refractivity contribution in [3.63, 3.8) is 0 Å². The van der Waals surface area contributed by atoms with Gasteiger partial charge in [0, 0.05) is 21.7 Å². The minimum absolute atomic E-state index is 0.135. The van der Waals surface area contributed by atoms with Gasteiger partial charge in [0.2, 0.25) is 0 Å². The lowest BCUT2D eigenvalue weighted by molar-refractivity contribution is -0.145. The molecule has 0 aromatic carbocycles. The zero-order valence-electron chi connectivity index (χ0n) is 12.7. The van der Waals surface area contributed by atoms with Crippen molar-refractivity contribution in [1.29, 1.82) is 5.26 Å². The highest BCUT2D eigenvalue weighted by atomic mass is 35.5. The number of nitriles is 1. The molecule has 0 fully saturated rings. The summed E-state index contributed by atoms with van der Waals surface area (Å²) in [6.07, 6.45) is 0. The first-order valence-corrected chi connectivity index (χ1v) is 10.0. The summed E-state index contributed by atoms with van der Waals surface area (Å²) >= 11 is 9.93. The number of hydrogen-bond acceptors (Lipinski definition) is 8. The third kappa shape index (κ3) is 5.60. The van der Waals surface area contributed by atoms with E-state index in [2.05, 4.69) is 4.98 Å². The summed E-state index contributed by atoms with van der Waals surface area (Å²) in [6, 6.07) is 5.63. The number of ether oxygens (including phenoxy) is 1. The van der Waals surface area contributed by atoms with Crippen LogP contribution in [-0.2, 0) is 20.1 Å². The third-order valence-corrected chi connectivity index (χ3v) is 6.20. The van der Waals surface area contributed by atoms with Crippen LogP contribution >= 0.6 is 46.0 Å². The molecule has 2 heterocycles. The Morgan fingerprint density at radius 1 is 1.50 bits per heavy atom. The maximum absolute atomic E-state index is 12.0. The van der Waals surface area contributed by atoms with Gasteiger partial charge in [-0.25, -0.2) is 4.98 Å². The van der Waals surface area contributed by atoms with E-state index in [0.29, 0.717) is 15.1 Å². The summed E-state index contributed by atoms with van der Waals surface area (Å²) < 4.78 is 5.66. The molecule has 9 heteroatoms. The van der Waals surface area contributed by atoms with Crippen LogP contribution < -0.4 is 0 Å². The number of esters is 1. The van der Waals surface area contributed by atoms with Gasteiger partial charge in [-0.1, -0.05) is 11.6 Å². The molecule has 2 aromatic rings. The van der Waals surface area contributed by atoms with Crippen LogP contribution in [0.15, 0.2) is 17.5 Å². The van der Waals surface area contributed by atoms with Gasteiger partial charge in [-0.15, -0.1) is 34.4 Å². The number of hydrogen-bond donors (Lipinski definition) is 0. The minimum atomic E-state index is -0.989. The molecule has 5 nitrogen and oxygen atoms in total.